The number of aromatic amines is 1. The minimum absolute atomic E-state index is 0. The largest absolute Gasteiger partial charge is 1.00 e. The molecule has 2 rings (SSSR count). The van der Waals surface area contributed by atoms with E-state index in [0.717, 1.165) is 6.08 Å². The fraction of sp³-hybridized carbons (Fsp3) is 0. The molecule has 4 heteroatoms. The molecule has 0 bridgehead atoms. The number of hydrogen-bond acceptors (Lipinski definition) is 2. The summed E-state index contributed by atoms with van der Waals surface area (Å²) in [6.45, 7) is 2.90. The monoisotopic (exact) mass is 227 g/mol. The van der Waals surface area contributed by atoms with Crippen molar-refractivity contribution in [1.29, 1.82) is 0 Å². The van der Waals surface area contributed by atoms with Gasteiger partial charge in [-0.05, 0) is 23.6 Å². The van der Waals surface area contributed by atoms with Crippen LogP contribution in [0.3, 0.4) is 0 Å². The zero-order valence-corrected chi connectivity index (χ0v) is 11.7. The number of nitrogens with one attached hydrogen (secondary N) is 1. The van der Waals surface area contributed by atoms with E-state index >= 15 is 0 Å². The number of carboxylic acid groups (broad SMARTS) is 1. The maximum atomic E-state index is 9.14. The normalized spacial score (nSPS) is 8.27. The molecule has 1 aromatic heterocycles. The molecule has 15 heavy (non-hydrogen) atoms. The SMILES string of the molecule is C=CC(=O)[O-].[K+].c1ccc2[nH]ccc2c1. The third-order valence-corrected chi connectivity index (χ3v) is 1.63. The Morgan fingerprint density at radius 2 is 1.93 bits per heavy atom. The van der Waals surface area contributed by atoms with Crippen LogP contribution in [0, 0.1) is 0 Å². The van der Waals surface area contributed by atoms with E-state index in [-0.39, 0.29) is 51.4 Å². The average Bonchev–Trinajstić information content (AvgIpc) is 2.66. The summed E-state index contributed by atoms with van der Waals surface area (Å²) in [5.74, 6) is -1.23. The van der Waals surface area contributed by atoms with Crippen LogP contribution < -0.4 is 56.5 Å². The first kappa shape index (κ1) is 14.6. The fourth-order valence-electron chi connectivity index (χ4n) is 0.995. The predicted molar refractivity (Wildman–Crippen MR) is 53.5 cm³/mol. The average molecular weight is 227 g/mol. The summed E-state index contributed by atoms with van der Waals surface area (Å²) in [5.41, 5.74) is 1.21. The topological polar surface area (TPSA) is 55.9 Å². The van der Waals surface area contributed by atoms with Crippen LogP contribution >= 0.6 is 0 Å². The van der Waals surface area contributed by atoms with Gasteiger partial charge in [-0.15, -0.1) is 0 Å². The number of para-hydroxylation sites is 1. The van der Waals surface area contributed by atoms with Crippen LogP contribution in [0.5, 0.6) is 0 Å². The first-order chi connectivity index (χ1) is 6.74. The molecule has 0 fully saturated rings. The molecule has 0 unspecified atom stereocenters. The molecule has 1 heterocycles. The second-order valence-electron chi connectivity index (χ2n) is 2.59. The molecule has 0 amide bonds. The summed E-state index contributed by atoms with van der Waals surface area (Å²) in [7, 11) is 0. The molecule has 72 valence electrons. The summed E-state index contributed by atoms with van der Waals surface area (Å²) in [6.07, 6.45) is 2.67. The predicted octanol–water partition coefficient (Wildman–Crippen LogP) is -1.91. The number of H-pyrrole nitrogens is 1. The Morgan fingerprint density at radius 1 is 1.33 bits per heavy atom. The first-order valence-electron chi connectivity index (χ1n) is 4.09. The smallest absolute Gasteiger partial charge is 0.545 e. The standard InChI is InChI=1S/C8H7N.C3H4O2.K/c1-2-4-8-7(3-1)5-6-9-8;1-2-3(4)5;/h1-6,9H;2H,1H2,(H,4,5);/q;;+1/p-1. The van der Waals surface area contributed by atoms with Gasteiger partial charge < -0.3 is 14.9 Å². The zero-order chi connectivity index (χ0) is 10.4. The van der Waals surface area contributed by atoms with Gasteiger partial charge >= 0.3 is 51.4 Å². The Labute approximate surface area is 131 Å². The van der Waals surface area contributed by atoms with Gasteiger partial charge in [0.15, 0.2) is 0 Å². The summed E-state index contributed by atoms with van der Waals surface area (Å²) in [4.78, 5) is 12.3. The minimum Gasteiger partial charge on any atom is -0.545 e. The van der Waals surface area contributed by atoms with E-state index in [9.17, 15) is 0 Å². The van der Waals surface area contributed by atoms with Gasteiger partial charge in [0, 0.05) is 11.7 Å². The number of fused-ring (bicyclic) bond motifs is 1. The van der Waals surface area contributed by atoms with Crippen molar-refractivity contribution in [2.75, 3.05) is 0 Å². The van der Waals surface area contributed by atoms with Gasteiger partial charge in [0.25, 0.3) is 0 Å². The molecule has 1 N–H and O–H groups in total. The van der Waals surface area contributed by atoms with E-state index in [1.165, 1.54) is 10.9 Å². The van der Waals surface area contributed by atoms with Crippen molar-refractivity contribution in [3.05, 3.63) is 49.2 Å². The maximum Gasteiger partial charge on any atom is 1.00 e. The molecule has 3 nitrogen and oxygen atoms in total. The molecule has 1 aromatic carbocycles. The quantitative estimate of drug-likeness (QED) is 0.457. The summed E-state index contributed by atoms with van der Waals surface area (Å²) in [5, 5.41) is 10.4. The van der Waals surface area contributed by atoms with Crippen molar-refractivity contribution in [2.24, 2.45) is 0 Å². The molecular formula is C11H10KNO2. The fourth-order valence-corrected chi connectivity index (χ4v) is 0.995. The van der Waals surface area contributed by atoms with Gasteiger partial charge in [0.05, 0.1) is 5.97 Å². The van der Waals surface area contributed by atoms with E-state index in [4.69, 9.17) is 9.90 Å². The number of rotatable bonds is 1. The molecule has 0 aliphatic carbocycles. The van der Waals surface area contributed by atoms with E-state index < -0.39 is 5.97 Å². The molecule has 0 spiro atoms. The Morgan fingerprint density at radius 3 is 2.47 bits per heavy atom. The third-order valence-electron chi connectivity index (χ3n) is 1.63. The van der Waals surface area contributed by atoms with Crippen molar-refractivity contribution in [3.8, 4) is 0 Å². The van der Waals surface area contributed by atoms with Crippen molar-refractivity contribution in [1.82, 2.24) is 4.98 Å². The number of aliphatic carboxylic acids is 1. The summed E-state index contributed by atoms with van der Waals surface area (Å²) < 4.78 is 0. The van der Waals surface area contributed by atoms with Crippen LogP contribution in [0.2, 0.25) is 0 Å². The molecule has 0 saturated heterocycles. The molecule has 0 aliphatic heterocycles. The Bertz CT molecular complexity index is 407. The molecule has 0 atom stereocenters. The van der Waals surface area contributed by atoms with E-state index in [0.29, 0.717) is 0 Å². The van der Waals surface area contributed by atoms with Crippen LogP contribution in [-0.4, -0.2) is 11.0 Å². The van der Waals surface area contributed by atoms with Gasteiger partial charge in [-0.3, -0.25) is 0 Å². The van der Waals surface area contributed by atoms with Gasteiger partial charge in [0.2, 0.25) is 0 Å². The number of carbonyl (C=O) groups excluding carboxylic acids is 1. The van der Waals surface area contributed by atoms with Crippen LogP contribution in [0.25, 0.3) is 10.9 Å². The molecular weight excluding hydrogens is 217 g/mol. The van der Waals surface area contributed by atoms with Crippen molar-refractivity contribution < 1.29 is 61.3 Å². The number of aromatic nitrogens is 1. The second-order valence-corrected chi connectivity index (χ2v) is 2.59. The molecule has 0 radical (unpaired) electrons. The molecule has 2 aromatic rings. The zero-order valence-electron chi connectivity index (χ0n) is 8.57. The van der Waals surface area contributed by atoms with Gasteiger partial charge in [-0.1, -0.05) is 24.8 Å². The van der Waals surface area contributed by atoms with E-state index in [2.05, 4.69) is 29.8 Å². The van der Waals surface area contributed by atoms with Gasteiger partial charge in [-0.2, -0.15) is 0 Å². The van der Waals surface area contributed by atoms with Crippen molar-refractivity contribution in [3.63, 3.8) is 0 Å². The Kier molecular flexibility index (Phi) is 7.64. The number of hydrogen-bond donors (Lipinski definition) is 1. The van der Waals surface area contributed by atoms with Crippen molar-refractivity contribution >= 4 is 16.9 Å². The summed E-state index contributed by atoms with van der Waals surface area (Å²) in [6, 6.07) is 10.3. The van der Waals surface area contributed by atoms with E-state index in [1.807, 2.05) is 18.3 Å². The minimum atomic E-state index is -1.23. The van der Waals surface area contributed by atoms with Gasteiger partial charge in [-0.25, -0.2) is 0 Å². The molecule has 0 aliphatic rings. The molecule has 0 saturated carbocycles. The number of benzene rings is 1. The Hall–Kier alpha value is -0.394. The van der Waals surface area contributed by atoms with Crippen LogP contribution in [0.4, 0.5) is 0 Å². The van der Waals surface area contributed by atoms with E-state index in [1.54, 1.807) is 0 Å². The summed E-state index contributed by atoms with van der Waals surface area (Å²) >= 11 is 0. The Balaban J connectivity index is 0.000000289. The number of carbonyl (C=O) groups is 1. The first-order valence-corrected chi connectivity index (χ1v) is 4.09. The van der Waals surface area contributed by atoms with Crippen molar-refractivity contribution in [2.45, 2.75) is 0 Å². The third kappa shape index (κ3) is 5.29. The second kappa shape index (κ2) is 7.84. The van der Waals surface area contributed by atoms with Gasteiger partial charge in [0.1, 0.15) is 0 Å². The van der Waals surface area contributed by atoms with Crippen LogP contribution in [0.15, 0.2) is 49.2 Å². The van der Waals surface area contributed by atoms with Crippen LogP contribution in [-0.2, 0) is 4.79 Å². The van der Waals surface area contributed by atoms with Crippen LogP contribution in [0.1, 0.15) is 0 Å². The maximum absolute atomic E-state index is 9.14. The number of carboxylic acids is 1.